The average molecular weight is 233 g/mol. The van der Waals surface area contributed by atoms with E-state index in [0.29, 0.717) is 26.2 Å². The fourth-order valence-electron chi connectivity index (χ4n) is 1.21. The average Bonchev–Trinajstić information content (AvgIpc) is 2.31. The van der Waals surface area contributed by atoms with Crippen LogP contribution in [0.2, 0.25) is 0 Å². The van der Waals surface area contributed by atoms with E-state index in [0.717, 1.165) is 13.0 Å². The van der Waals surface area contributed by atoms with Crippen LogP contribution in [0, 0.1) is 0 Å². The molecule has 0 saturated carbocycles. The molecule has 0 aromatic heterocycles. The van der Waals surface area contributed by atoms with Gasteiger partial charge in [-0.25, -0.2) is 0 Å². The summed E-state index contributed by atoms with van der Waals surface area (Å²) < 4.78 is 14.9. The van der Waals surface area contributed by atoms with Crippen molar-refractivity contribution in [3.05, 3.63) is 0 Å². The summed E-state index contributed by atoms with van der Waals surface area (Å²) in [6.07, 6.45) is 1.61. The maximum atomic E-state index is 11.4. The van der Waals surface area contributed by atoms with Crippen LogP contribution in [0.4, 0.5) is 0 Å². The molecule has 0 aliphatic carbocycles. The molecular weight excluding hydrogens is 210 g/mol. The summed E-state index contributed by atoms with van der Waals surface area (Å²) in [5.74, 6) is -0.233. The van der Waals surface area contributed by atoms with Crippen LogP contribution in [0.5, 0.6) is 0 Å². The summed E-state index contributed by atoms with van der Waals surface area (Å²) in [6, 6.07) is -0.271. The van der Waals surface area contributed by atoms with Crippen LogP contribution in [0.15, 0.2) is 0 Å². The van der Waals surface area contributed by atoms with E-state index in [-0.39, 0.29) is 12.0 Å². The van der Waals surface area contributed by atoms with Gasteiger partial charge in [0.05, 0.1) is 20.3 Å². The van der Waals surface area contributed by atoms with Crippen LogP contribution in [-0.2, 0) is 19.0 Å². The first-order chi connectivity index (χ1) is 7.76. The van der Waals surface area contributed by atoms with E-state index in [4.69, 9.17) is 14.2 Å². The van der Waals surface area contributed by atoms with Crippen LogP contribution in [0.3, 0.4) is 0 Å². The Labute approximate surface area is 97.4 Å². The van der Waals surface area contributed by atoms with Gasteiger partial charge in [-0.3, -0.25) is 4.79 Å². The number of carbonyl (C=O) groups excluding carboxylic acids is 1. The molecule has 0 rings (SSSR count). The largest absolute Gasteiger partial charge is 0.468 e. The molecule has 0 aliphatic heterocycles. The summed E-state index contributed by atoms with van der Waals surface area (Å²) in [7, 11) is 3.03. The molecule has 96 valence electrons. The minimum Gasteiger partial charge on any atom is -0.468 e. The fraction of sp³-hybridized carbons (Fsp3) is 0.909. The normalized spacial score (nSPS) is 12.4. The molecule has 0 radical (unpaired) electrons. The fourth-order valence-corrected chi connectivity index (χ4v) is 1.21. The first-order valence-corrected chi connectivity index (χ1v) is 5.64. The van der Waals surface area contributed by atoms with E-state index < -0.39 is 0 Å². The predicted octanol–water partition coefficient (Wildman–Crippen LogP) is 0.581. The van der Waals surface area contributed by atoms with E-state index in [2.05, 4.69) is 12.2 Å². The predicted molar refractivity (Wildman–Crippen MR) is 61.4 cm³/mol. The molecule has 0 bridgehead atoms. The van der Waals surface area contributed by atoms with Gasteiger partial charge < -0.3 is 19.5 Å². The Morgan fingerprint density at radius 1 is 1.25 bits per heavy atom. The van der Waals surface area contributed by atoms with Gasteiger partial charge in [-0.15, -0.1) is 0 Å². The van der Waals surface area contributed by atoms with Crippen molar-refractivity contribution >= 4 is 5.97 Å². The molecule has 0 heterocycles. The minimum absolute atomic E-state index is 0.233. The van der Waals surface area contributed by atoms with Crippen molar-refractivity contribution in [2.45, 2.75) is 25.8 Å². The minimum atomic E-state index is -0.271. The summed E-state index contributed by atoms with van der Waals surface area (Å²) in [5.41, 5.74) is 0. The highest BCUT2D eigenvalue weighted by Gasteiger charge is 2.17. The van der Waals surface area contributed by atoms with Gasteiger partial charge in [-0.2, -0.15) is 0 Å². The van der Waals surface area contributed by atoms with Gasteiger partial charge in [0.2, 0.25) is 0 Å². The molecule has 0 saturated heterocycles. The van der Waals surface area contributed by atoms with Gasteiger partial charge in [0, 0.05) is 13.7 Å². The van der Waals surface area contributed by atoms with Crippen LogP contribution >= 0.6 is 0 Å². The summed E-state index contributed by atoms with van der Waals surface area (Å²) in [5, 5.41) is 3.13. The van der Waals surface area contributed by atoms with Crippen LogP contribution in [0.25, 0.3) is 0 Å². The second-order valence-electron chi connectivity index (χ2n) is 3.42. The zero-order valence-corrected chi connectivity index (χ0v) is 10.5. The van der Waals surface area contributed by atoms with E-state index in [1.807, 2.05) is 0 Å². The monoisotopic (exact) mass is 233 g/mol. The third kappa shape index (κ3) is 7.62. The lowest BCUT2D eigenvalue weighted by Gasteiger charge is -2.15. The number of ether oxygens (including phenoxy) is 3. The van der Waals surface area contributed by atoms with Crippen molar-refractivity contribution in [1.82, 2.24) is 5.32 Å². The smallest absolute Gasteiger partial charge is 0.322 e. The van der Waals surface area contributed by atoms with Gasteiger partial charge in [0.15, 0.2) is 0 Å². The Hall–Kier alpha value is -0.650. The van der Waals surface area contributed by atoms with Gasteiger partial charge in [-0.05, 0) is 19.4 Å². The molecule has 0 aliphatic rings. The van der Waals surface area contributed by atoms with Crippen molar-refractivity contribution in [1.29, 1.82) is 0 Å². The third-order valence-electron chi connectivity index (χ3n) is 2.11. The van der Waals surface area contributed by atoms with Crippen molar-refractivity contribution in [2.24, 2.45) is 0 Å². The number of hydrogen-bond donors (Lipinski definition) is 1. The molecule has 16 heavy (non-hydrogen) atoms. The van der Waals surface area contributed by atoms with Gasteiger partial charge in [0.1, 0.15) is 6.04 Å². The SMILES string of the molecule is CCCNC(CCOCCOC)C(=O)OC. The second-order valence-corrected chi connectivity index (χ2v) is 3.42. The second kappa shape index (κ2) is 10.9. The highest BCUT2D eigenvalue weighted by molar-refractivity contribution is 5.75. The molecule has 1 N–H and O–H groups in total. The van der Waals surface area contributed by atoms with E-state index in [1.54, 1.807) is 7.11 Å². The third-order valence-corrected chi connectivity index (χ3v) is 2.11. The lowest BCUT2D eigenvalue weighted by Crippen LogP contribution is -2.39. The number of hydrogen-bond acceptors (Lipinski definition) is 5. The Kier molecular flexibility index (Phi) is 10.4. The Balaban J connectivity index is 3.69. The highest BCUT2D eigenvalue weighted by Crippen LogP contribution is 1.96. The quantitative estimate of drug-likeness (QED) is 0.442. The molecule has 0 amide bonds. The summed E-state index contributed by atoms with van der Waals surface area (Å²) >= 11 is 0. The zero-order chi connectivity index (χ0) is 12.2. The van der Waals surface area contributed by atoms with Crippen LogP contribution in [-0.4, -0.2) is 52.6 Å². The summed E-state index contributed by atoms with van der Waals surface area (Å²) in [4.78, 5) is 11.4. The Morgan fingerprint density at radius 3 is 2.56 bits per heavy atom. The van der Waals surface area contributed by atoms with Gasteiger partial charge in [-0.1, -0.05) is 6.92 Å². The molecule has 0 aromatic carbocycles. The van der Waals surface area contributed by atoms with Gasteiger partial charge >= 0.3 is 5.97 Å². The molecule has 5 heteroatoms. The standard InChI is InChI=1S/C11H23NO4/c1-4-6-12-10(11(13)15-3)5-7-16-9-8-14-2/h10,12H,4-9H2,1-3H3. The number of rotatable bonds is 10. The Morgan fingerprint density at radius 2 is 2.00 bits per heavy atom. The topological polar surface area (TPSA) is 56.8 Å². The number of methoxy groups -OCH3 is 2. The maximum Gasteiger partial charge on any atom is 0.322 e. The molecular formula is C11H23NO4. The first-order valence-electron chi connectivity index (χ1n) is 5.64. The molecule has 1 unspecified atom stereocenters. The van der Waals surface area contributed by atoms with Crippen molar-refractivity contribution in [3.8, 4) is 0 Å². The lowest BCUT2D eigenvalue weighted by molar-refractivity contribution is -0.143. The zero-order valence-electron chi connectivity index (χ0n) is 10.5. The van der Waals surface area contributed by atoms with Crippen molar-refractivity contribution in [3.63, 3.8) is 0 Å². The molecule has 0 aromatic rings. The van der Waals surface area contributed by atoms with Crippen molar-refractivity contribution < 1.29 is 19.0 Å². The first kappa shape index (κ1) is 15.3. The number of esters is 1. The maximum absolute atomic E-state index is 11.4. The lowest BCUT2D eigenvalue weighted by atomic mass is 10.2. The van der Waals surface area contributed by atoms with Gasteiger partial charge in [0.25, 0.3) is 0 Å². The number of carbonyl (C=O) groups is 1. The molecule has 1 atom stereocenters. The summed E-state index contributed by atoms with van der Waals surface area (Å²) in [6.45, 7) is 4.51. The molecule has 0 fully saturated rings. The molecule has 0 spiro atoms. The van der Waals surface area contributed by atoms with E-state index >= 15 is 0 Å². The molecule has 5 nitrogen and oxygen atoms in total. The highest BCUT2D eigenvalue weighted by atomic mass is 16.5. The number of nitrogens with one attached hydrogen (secondary N) is 1. The van der Waals surface area contributed by atoms with Crippen LogP contribution < -0.4 is 5.32 Å². The van der Waals surface area contributed by atoms with E-state index in [1.165, 1.54) is 7.11 Å². The van der Waals surface area contributed by atoms with Crippen LogP contribution in [0.1, 0.15) is 19.8 Å². The van der Waals surface area contributed by atoms with E-state index in [9.17, 15) is 4.79 Å². The van der Waals surface area contributed by atoms with Crippen molar-refractivity contribution in [2.75, 3.05) is 40.6 Å². The Bertz CT molecular complexity index is 175.